The Hall–Kier alpha value is -2.81. The fourth-order valence-electron chi connectivity index (χ4n) is 1.27. The van der Waals surface area contributed by atoms with Gasteiger partial charge in [-0.1, -0.05) is 0 Å². The lowest BCUT2D eigenvalue weighted by Crippen LogP contribution is -2.08. The third-order valence-corrected chi connectivity index (χ3v) is 2.00. The molecule has 0 unspecified atom stereocenters. The average Bonchev–Trinajstić information content (AvgIpc) is 2.28. The van der Waals surface area contributed by atoms with E-state index in [9.17, 15) is 4.79 Å². The molecule has 17 heavy (non-hydrogen) atoms. The average molecular weight is 228 g/mol. The van der Waals surface area contributed by atoms with Gasteiger partial charge in [0.1, 0.15) is 0 Å². The van der Waals surface area contributed by atoms with E-state index in [0.717, 1.165) is 6.07 Å². The first kappa shape index (κ1) is 10.7. The third-order valence-electron chi connectivity index (χ3n) is 2.00. The summed E-state index contributed by atoms with van der Waals surface area (Å²) in [5, 5.41) is 20.6. The minimum absolute atomic E-state index is 0.139. The molecule has 0 atom stereocenters. The van der Waals surface area contributed by atoms with Crippen LogP contribution in [0.1, 0.15) is 5.56 Å². The molecule has 2 aromatic rings. The van der Waals surface area contributed by atoms with Gasteiger partial charge in [-0.25, -0.2) is 0 Å². The van der Waals surface area contributed by atoms with Crippen molar-refractivity contribution in [1.29, 1.82) is 5.26 Å². The number of nitriles is 1. The van der Waals surface area contributed by atoms with Crippen molar-refractivity contribution in [3.63, 3.8) is 0 Å². The molecular formula is C11H8N4O2. The van der Waals surface area contributed by atoms with Crippen molar-refractivity contribution in [3.05, 3.63) is 46.2 Å². The van der Waals surface area contributed by atoms with Crippen LogP contribution >= 0.6 is 0 Å². The highest BCUT2D eigenvalue weighted by molar-refractivity contribution is 5.54. The molecule has 0 saturated carbocycles. The van der Waals surface area contributed by atoms with Crippen LogP contribution in [0.5, 0.6) is 5.88 Å². The molecule has 1 aromatic carbocycles. The van der Waals surface area contributed by atoms with Crippen LogP contribution in [-0.2, 0) is 0 Å². The van der Waals surface area contributed by atoms with Crippen LogP contribution in [-0.4, -0.2) is 15.1 Å². The summed E-state index contributed by atoms with van der Waals surface area (Å²) in [6.45, 7) is 0. The van der Waals surface area contributed by atoms with E-state index in [1.165, 1.54) is 0 Å². The lowest BCUT2D eigenvalue weighted by molar-refractivity contribution is 0.452. The highest BCUT2D eigenvalue weighted by Gasteiger charge is 2.00. The molecule has 0 aliphatic carbocycles. The van der Waals surface area contributed by atoms with Gasteiger partial charge in [0.25, 0.3) is 5.56 Å². The molecule has 84 valence electrons. The topological polar surface area (TPSA) is 102 Å². The van der Waals surface area contributed by atoms with Crippen molar-refractivity contribution >= 4 is 11.6 Å². The predicted octanol–water partition coefficient (Wildman–Crippen LogP) is 1.09. The van der Waals surface area contributed by atoms with E-state index in [2.05, 4.69) is 15.3 Å². The number of aromatic nitrogens is 2. The van der Waals surface area contributed by atoms with E-state index in [1.807, 2.05) is 6.07 Å². The predicted molar refractivity (Wildman–Crippen MR) is 61.0 cm³/mol. The minimum atomic E-state index is -0.450. The van der Waals surface area contributed by atoms with Gasteiger partial charge in [0.05, 0.1) is 17.7 Å². The highest BCUT2D eigenvalue weighted by Crippen LogP contribution is 2.13. The maximum atomic E-state index is 11.1. The molecule has 0 aliphatic rings. The molecule has 0 spiro atoms. The molecule has 1 aromatic heterocycles. The summed E-state index contributed by atoms with van der Waals surface area (Å²) in [6, 6.07) is 9.57. The van der Waals surface area contributed by atoms with Gasteiger partial charge in [-0.3, -0.25) is 9.78 Å². The van der Waals surface area contributed by atoms with Crippen LogP contribution < -0.4 is 10.9 Å². The molecule has 0 amide bonds. The lowest BCUT2D eigenvalue weighted by Gasteiger charge is -2.04. The minimum Gasteiger partial charge on any atom is -0.493 e. The normalized spacial score (nSPS) is 9.59. The van der Waals surface area contributed by atoms with E-state index < -0.39 is 5.56 Å². The highest BCUT2D eigenvalue weighted by atomic mass is 16.3. The van der Waals surface area contributed by atoms with Crippen LogP contribution in [0.4, 0.5) is 11.6 Å². The van der Waals surface area contributed by atoms with E-state index in [1.54, 1.807) is 24.3 Å². The number of aromatic hydroxyl groups is 1. The molecule has 3 N–H and O–H groups in total. The van der Waals surface area contributed by atoms with Gasteiger partial charge in [-0.15, -0.1) is 0 Å². The Bertz CT molecular complexity index is 625. The van der Waals surface area contributed by atoms with Crippen molar-refractivity contribution < 1.29 is 5.11 Å². The first-order chi connectivity index (χ1) is 8.17. The molecule has 6 nitrogen and oxygen atoms in total. The lowest BCUT2D eigenvalue weighted by atomic mass is 10.2. The summed E-state index contributed by atoms with van der Waals surface area (Å²) >= 11 is 0. The first-order valence-corrected chi connectivity index (χ1v) is 4.75. The fourth-order valence-corrected chi connectivity index (χ4v) is 1.27. The summed E-state index contributed by atoms with van der Waals surface area (Å²) in [5.41, 5.74) is 0.735. The number of anilines is 2. The van der Waals surface area contributed by atoms with Gasteiger partial charge in [-0.2, -0.15) is 10.2 Å². The maximum Gasteiger partial charge on any atom is 0.256 e. The summed E-state index contributed by atoms with van der Waals surface area (Å²) in [4.78, 5) is 17.2. The van der Waals surface area contributed by atoms with Crippen LogP contribution in [0.15, 0.2) is 35.1 Å². The van der Waals surface area contributed by atoms with Crippen LogP contribution in [0.2, 0.25) is 0 Å². The van der Waals surface area contributed by atoms with Gasteiger partial charge < -0.3 is 10.4 Å². The van der Waals surface area contributed by atoms with Gasteiger partial charge >= 0.3 is 0 Å². The fraction of sp³-hybridized carbons (Fsp3) is 0. The Kier molecular flexibility index (Phi) is 2.75. The zero-order valence-corrected chi connectivity index (χ0v) is 8.64. The molecule has 0 radical (unpaired) electrons. The monoisotopic (exact) mass is 228 g/mol. The van der Waals surface area contributed by atoms with Gasteiger partial charge in [-0.05, 0) is 24.3 Å². The van der Waals surface area contributed by atoms with Gasteiger partial charge in [0.2, 0.25) is 11.8 Å². The van der Waals surface area contributed by atoms with E-state index in [0.29, 0.717) is 11.3 Å². The zero-order chi connectivity index (χ0) is 12.3. The molecule has 2 rings (SSSR count). The molecule has 6 heteroatoms. The van der Waals surface area contributed by atoms with E-state index >= 15 is 0 Å². The second-order valence-electron chi connectivity index (χ2n) is 3.27. The smallest absolute Gasteiger partial charge is 0.256 e. The Morgan fingerprint density at radius 2 is 2.06 bits per heavy atom. The second-order valence-corrected chi connectivity index (χ2v) is 3.27. The summed E-state index contributed by atoms with van der Waals surface area (Å²) in [6.07, 6.45) is 0. The van der Waals surface area contributed by atoms with Crippen molar-refractivity contribution in [3.8, 4) is 11.9 Å². The number of rotatable bonds is 2. The Morgan fingerprint density at radius 1 is 1.35 bits per heavy atom. The van der Waals surface area contributed by atoms with Gasteiger partial charge in [0.15, 0.2) is 0 Å². The van der Waals surface area contributed by atoms with Crippen molar-refractivity contribution in [2.75, 3.05) is 5.32 Å². The van der Waals surface area contributed by atoms with E-state index in [-0.39, 0.29) is 11.8 Å². The van der Waals surface area contributed by atoms with Crippen molar-refractivity contribution in [2.24, 2.45) is 0 Å². The Morgan fingerprint density at radius 3 is 2.65 bits per heavy atom. The largest absolute Gasteiger partial charge is 0.493 e. The first-order valence-electron chi connectivity index (χ1n) is 4.75. The summed E-state index contributed by atoms with van der Waals surface area (Å²) in [7, 11) is 0. The van der Waals surface area contributed by atoms with Crippen LogP contribution in [0.3, 0.4) is 0 Å². The summed E-state index contributed by atoms with van der Waals surface area (Å²) in [5.74, 6) is -0.218. The Labute approximate surface area is 96.2 Å². The van der Waals surface area contributed by atoms with Crippen molar-refractivity contribution in [2.45, 2.75) is 0 Å². The number of nitrogens with zero attached hydrogens (tertiary/aromatic N) is 2. The Balaban J connectivity index is 2.25. The number of hydrogen-bond acceptors (Lipinski definition) is 5. The second kappa shape index (κ2) is 4.37. The number of H-pyrrole nitrogens is 1. The standard InChI is InChI=1S/C11H8N4O2/c12-6-7-1-3-8(4-2-7)13-11-14-9(16)5-10(17)15-11/h1-5H,(H3,13,14,15,16,17). The van der Waals surface area contributed by atoms with Crippen molar-refractivity contribution in [1.82, 2.24) is 9.97 Å². The molecule has 1 heterocycles. The van der Waals surface area contributed by atoms with Crippen LogP contribution in [0.25, 0.3) is 0 Å². The number of aromatic amines is 1. The zero-order valence-electron chi connectivity index (χ0n) is 8.64. The molecular weight excluding hydrogens is 220 g/mol. The SMILES string of the molecule is N#Cc1ccc(Nc2nc(O)cc(=O)[nH]2)cc1. The van der Waals surface area contributed by atoms with Crippen LogP contribution in [0, 0.1) is 11.3 Å². The maximum absolute atomic E-state index is 11.1. The summed E-state index contributed by atoms with van der Waals surface area (Å²) < 4.78 is 0. The molecule has 0 fully saturated rings. The molecule has 0 saturated heterocycles. The number of nitrogens with one attached hydrogen (secondary N) is 2. The molecule has 0 aliphatic heterocycles. The number of hydrogen-bond donors (Lipinski definition) is 3. The van der Waals surface area contributed by atoms with E-state index in [4.69, 9.17) is 10.4 Å². The molecule has 0 bridgehead atoms. The quantitative estimate of drug-likeness (QED) is 0.714. The van der Waals surface area contributed by atoms with Gasteiger partial charge in [0, 0.05) is 5.69 Å². The number of benzene rings is 1. The third kappa shape index (κ3) is 2.60.